The van der Waals surface area contributed by atoms with E-state index in [9.17, 15) is 4.79 Å². The number of hydrogen-bond donors (Lipinski definition) is 0. The minimum Gasteiger partial charge on any atom is -0.462 e. The third kappa shape index (κ3) is 2.83. The van der Waals surface area contributed by atoms with Gasteiger partial charge in [-0.15, -0.1) is 23.2 Å². The molecule has 0 N–H and O–H groups in total. The highest BCUT2D eigenvalue weighted by molar-refractivity contribution is 6.30. The van der Waals surface area contributed by atoms with E-state index >= 15 is 0 Å². The fraction of sp³-hybridized carbons (Fsp3) is 0.875. The van der Waals surface area contributed by atoms with E-state index in [1.807, 2.05) is 6.92 Å². The highest BCUT2D eigenvalue weighted by Crippen LogP contribution is 2.22. The van der Waals surface area contributed by atoms with Gasteiger partial charge < -0.3 is 4.74 Å². The zero-order valence-electron chi connectivity index (χ0n) is 6.93. The minimum atomic E-state index is -0.574. The van der Waals surface area contributed by atoms with E-state index in [1.165, 1.54) is 0 Å². The predicted octanol–water partition coefficient (Wildman–Crippen LogP) is 2.32. The molecule has 12 heavy (non-hydrogen) atoms. The average molecular weight is 211 g/mol. The summed E-state index contributed by atoms with van der Waals surface area (Å²) in [7, 11) is 0. The van der Waals surface area contributed by atoms with Crippen LogP contribution in [0.2, 0.25) is 0 Å². The Bertz CT molecular complexity index is 172. The number of esters is 1. The molecule has 0 radical (unpaired) electrons. The monoisotopic (exact) mass is 210 g/mol. The van der Waals surface area contributed by atoms with Crippen molar-refractivity contribution in [2.75, 3.05) is 0 Å². The summed E-state index contributed by atoms with van der Waals surface area (Å²) in [6.07, 6.45) is 2.14. The second-order valence-corrected chi connectivity index (χ2v) is 4.27. The molecule has 0 amide bonds. The van der Waals surface area contributed by atoms with Crippen molar-refractivity contribution in [2.45, 2.75) is 43.0 Å². The maximum Gasteiger partial charge on any atom is 0.324 e. The average Bonchev–Trinajstić information content (AvgIpc) is 1.99. The summed E-state index contributed by atoms with van der Waals surface area (Å²) in [6.45, 7) is 1.86. The number of rotatable bonds is 0. The Morgan fingerprint density at radius 3 is 2.75 bits per heavy atom. The Hall–Kier alpha value is 0.0500. The summed E-state index contributed by atoms with van der Waals surface area (Å²) >= 11 is 11.7. The second kappa shape index (κ2) is 4.33. The first-order valence-electron chi connectivity index (χ1n) is 4.08. The van der Waals surface area contributed by atoms with Gasteiger partial charge in [0, 0.05) is 5.38 Å². The lowest BCUT2D eigenvalue weighted by molar-refractivity contribution is -0.148. The van der Waals surface area contributed by atoms with Gasteiger partial charge in [-0.05, 0) is 26.2 Å². The number of carbonyl (C=O) groups excluding carboxylic acids is 1. The van der Waals surface area contributed by atoms with Crippen LogP contribution in [-0.2, 0) is 9.53 Å². The first kappa shape index (κ1) is 10.1. The third-order valence-electron chi connectivity index (χ3n) is 1.92. The van der Waals surface area contributed by atoms with Crippen molar-refractivity contribution in [3.05, 3.63) is 0 Å². The molecule has 1 aliphatic heterocycles. The van der Waals surface area contributed by atoms with Gasteiger partial charge in [-0.1, -0.05) is 0 Å². The molecule has 2 nitrogen and oxygen atoms in total. The summed E-state index contributed by atoms with van der Waals surface area (Å²) in [6, 6.07) is 0. The number of alkyl halides is 2. The molecule has 1 rings (SSSR count). The van der Waals surface area contributed by atoms with Crippen LogP contribution in [0.15, 0.2) is 0 Å². The molecule has 0 saturated carbocycles. The van der Waals surface area contributed by atoms with Crippen molar-refractivity contribution in [3.8, 4) is 0 Å². The van der Waals surface area contributed by atoms with Crippen LogP contribution in [0.4, 0.5) is 0 Å². The molecule has 0 aliphatic carbocycles. The van der Waals surface area contributed by atoms with Crippen molar-refractivity contribution < 1.29 is 9.53 Å². The molecule has 0 aromatic heterocycles. The van der Waals surface area contributed by atoms with Gasteiger partial charge in [0.1, 0.15) is 5.38 Å². The first-order valence-corrected chi connectivity index (χ1v) is 4.95. The van der Waals surface area contributed by atoms with Gasteiger partial charge in [-0.3, -0.25) is 4.79 Å². The lowest BCUT2D eigenvalue weighted by atomic mass is 10.1. The standard InChI is InChI=1S/C8H12Cl2O2/c1-5-2-3-6(9)4-7(10)8(11)12-5/h5-7H,2-4H2,1H3/t5-,6+,7-/m1/s1. The Kier molecular flexibility index (Phi) is 3.66. The van der Waals surface area contributed by atoms with Crippen LogP contribution in [0.25, 0.3) is 0 Å². The van der Waals surface area contributed by atoms with Crippen LogP contribution >= 0.6 is 23.2 Å². The summed E-state index contributed by atoms with van der Waals surface area (Å²) in [4.78, 5) is 11.1. The van der Waals surface area contributed by atoms with Gasteiger partial charge in [0.15, 0.2) is 0 Å². The predicted molar refractivity (Wildman–Crippen MR) is 48.7 cm³/mol. The fourth-order valence-corrected chi connectivity index (χ4v) is 1.85. The molecule has 1 saturated heterocycles. The largest absolute Gasteiger partial charge is 0.462 e. The van der Waals surface area contributed by atoms with Gasteiger partial charge in [-0.2, -0.15) is 0 Å². The molecular formula is C8H12Cl2O2. The molecule has 0 spiro atoms. The molecule has 0 aromatic carbocycles. The summed E-state index contributed by atoms with van der Waals surface area (Å²) in [5.41, 5.74) is 0. The van der Waals surface area contributed by atoms with E-state index in [-0.39, 0.29) is 17.5 Å². The molecule has 70 valence electrons. The topological polar surface area (TPSA) is 26.3 Å². The molecular weight excluding hydrogens is 199 g/mol. The van der Waals surface area contributed by atoms with Crippen molar-refractivity contribution in [1.29, 1.82) is 0 Å². The highest BCUT2D eigenvalue weighted by Gasteiger charge is 2.25. The van der Waals surface area contributed by atoms with Crippen molar-refractivity contribution in [3.63, 3.8) is 0 Å². The van der Waals surface area contributed by atoms with Crippen LogP contribution in [0.5, 0.6) is 0 Å². The van der Waals surface area contributed by atoms with Gasteiger partial charge in [0.2, 0.25) is 0 Å². The fourth-order valence-electron chi connectivity index (χ4n) is 1.19. The molecule has 4 heteroatoms. The lowest BCUT2D eigenvalue weighted by Crippen LogP contribution is -2.28. The Morgan fingerprint density at radius 2 is 2.08 bits per heavy atom. The quantitative estimate of drug-likeness (QED) is 0.454. The normalized spacial score (nSPS) is 38.2. The third-order valence-corrected chi connectivity index (χ3v) is 2.67. The molecule has 1 fully saturated rings. The molecule has 0 unspecified atom stereocenters. The van der Waals surface area contributed by atoms with E-state index in [2.05, 4.69) is 0 Å². The molecule has 1 aliphatic rings. The van der Waals surface area contributed by atoms with Crippen LogP contribution in [0.3, 0.4) is 0 Å². The number of halogens is 2. The second-order valence-electron chi connectivity index (χ2n) is 3.13. The lowest BCUT2D eigenvalue weighted by Gasteiger charge is -2.21. The SMILES string of the molecule is C[C@@H]1CC[C@H](Cl)C[C@@H](Cl)C(=O)O1. The molecule has 1 heterocycles. The van der Waals surface area contributed by atoms with Gasteiger partial charge in [0.25, 0.3) is 0 Å². The zero-order chi connectivity index (χ0) is 9.14. The van der Waals surface area contributed by atoms with Gasteiger partial charge >= 0.3 is 5.97 Å². The number of hydrogen-bond acceptors (Lipinski definition) is 2. The molecule has 0 aromatic rings. The van der Waals surface area contributed by atoms with E-state index < -0.39 is 5.38 Å². The number of ether oxygens (including phenoxy) is 1. The minimum absolute atomic E-state index is 0.00259. The zero-order valence-corrected chi connectivity index (χ0v) is 8.44. The highest BCUT2D eigenvalue weighted by atomic mass is 35.5. The van der Waals surface area contributed by atoms with E-state index in [0.717, 1.165) is 12.8 Å². The summed E-state index contributed by atoms with van der Waals surface area (Å²) in [5.74, 6) is -0.338. The van der Waals surface area contributed by atoms with Crippen LogP contribution in [0, 0.1) is 0 Å². The smallest absolute Gasteiger partial charge is 0.324 e. The summed E-state index contributed by atoms with van der Waals surface area (Å²) < 4.78 is 5.02. The maximum atomic E-state index is 11.1. The van der Waals surface area contributed by atoms with Crippen LogP contribution < -0.4 is 0 Å². The van der Waals surface area contributed by atoms with Crippen molar-refractivity contribution >= 4 is 29.2 Å². The Morgan fingerprint density at radius 1 is 1.42 bits per heavy atom. The Balaban J connectivity index is 2.54. The van der Waals surface area contributed by atoms with Crippen molar-refractivity contribution in [1.82, 2.24) is 0 Å². The maximum absolute atomic E-state index is 11.1. The van der Waals surface area contributed by atoms with Crippen LogP contribution in [0.1, 0.15) is 26.2 Å². The number of carbonyl (C=O) groups is 1. The molecule has 3 atom stereocenters. The van der Waals surface area contributed by atoms with E-state index in [4.69, 9.17) is 27.9 Å². The Labute approximate surface area is 82.2 Å². The summed E-state index contributed by atoms with van der Waals surface area (Å²) in [5, 5.41) is -0.571. The molecule has 0 bridgehead atoms. The van der Waals surface area contributed by atoms with Gasteiger partial charge in [0.05, 0.1) is 6.10 Å². The van der Waals surface area contributed by atoms with Crippen LogP contribution in [-0.4, -0.2) is 22.8 Å². The van der Waals surface area contributed by atoms with E-state index in [1.54, 1.807) is 0 Å². The first-order chi connectivity index (χ1) is 5.59. The van der Waals surface area contributed by atoms with Crippen molar-refractivity contribution in [2.24, 2.45) is 0 Å². The number of cyclic esters (lactones) is 1. The van der Waals surface area contributed by atoms with Gasteiger partial charge in [-0.25, -0.2) is 0 Å². The van der Waals surface area contributed by atoms with E-state index in [0.29, 0.717) is 6.42 Å².